The lowest BCUT2D eigenvalue weighted by Crippen LogP contribution is -2.41. The lowest BCUT2D eigenvalue weighted by atomic mass is 9.83. The maximum Gasteiger partial charge on any atom is 0.410 e. The number of piperidine rings is 1. The molecule has 2 fully saturated rings. The molecular formula is C29H38N4O5. The molecule has 2 heterocycles. The first-order valence-corrected chi connectivity index (χ1v) is 13.5. The molecule has 1 aromatic heterocycles. The van der Waals surface area contributed by atoms with Crippen molar-refractivity contribution in [1.82, 2.24) is 14.7 Å². The second-order valence-electron chi connectivity index (χ2n) is 10.7. The number of nitrogens with zero attached hydrogens (tertiary/aromatic N) is 3. The van der Waals surface area contributed by atoms with E-state index in [0.717, 1.165) is 42.1 Å². The summed E-state index contributed by atoms with van der Waals surface area (Å²) in [6, 6.07) is 13.7. The van der Waals surface area contributed by atoms with Gasteiger partial charge in [-0.1, -0.05) is 30.3 Å². The van der Waals surface area contributed by atoms with Gasteiger partial charge in [-0.2, -0.15) is 5.10 Å². The summed E-state index contributed by atoms with van der Waals surface area (Å²) in [7, 11) is 1.60. The van der Waals surface area contributed by atoms with E-state index in [-0.39, 0.29) is 12.1 Å². The topological polar surface area (TPSA) is 112 Å². The standard InChI is InChI=1S/C29H38N4O5/c1-36-27-16-26-23(15-25(27)30)17-33(31-26)24-7-11-29(35,12-8-24)20-37-18-22-9-13-32(14-10-22)28(34)38-19-21-5-3-2-4-6-21/h2-6,15-17,22,24,35H,7-14,18-20,30H2,1H3. The molecule has 2 aliphatic rings. The molecule has 3 N–H and O–H groups in total. The lowest BCUT2D eigenvalue weighted by molar-refractivity contribution is -0.0833. The number of ether oxygens (including phenoxy) is 3. The summed E-state index contributed by atoms with van der Waals surface area (Å²) in [5.74, 6) is 1.01. The Labute approximate surface area is 223 Å². The molecular weight excluding hydrogens is 484 g/mol. The van der Waals surface area contributed by atoms with Crippen molar-refractivity contribution in [3.63, 3.8) is 0 Å². The fraction of sp³-hybridized carbons (Fsp3) is 0.517. The minimum atomic E-state index is -0.807. The number of anilines is 1. The number of rotatable bonds is 8. The number of aromatic nitrogens is 2. The van der Waals surface area contributed by atoms with Gasteiger partial charge in [0.05, 0.1) is 36.6 Å². The van der Waals surface area contributed by atoms with Gasteiger partial charge in [-0.3, -0.25) is 4.68 Å². The average molecular weight is 523 g/mol. The van der Waals surface area contributed by atoms with E-state index in [9.17, 15) is 9.90 Å². The number of nitrogens with two attached hydrogens (primary N) is 1. The number of carbonyl (C=O) groups excluding carboxylic acids is 1. The molecule has 5 rings (SSSR count). The van der Waals surface area contributed by atoms with Crippen molar-refractivity contribution < 1.29 is 24.1 Å². The van der Waals surface area contributed by atoms with Crippen molar-refractivity contribution in [3.8, 4) is 5.75 Å². The summed E-state index contributed by atoms with van der Waals surface area (Å²) in [6.45, 7) is 2.58. The molecule has 0 unspecified atom stereocenters. The number of carbonyl (C=O) groups is 1. The molecule has 0 bridgehead atoms. The molecule has 1 amide bonds. The number of nitrogen functional groups attached to an aromatic ring is 1. The van der Waals surface area contributed by atoms with E-state index in [0.29, 0.717) is 63.1 Å². The lowest BCUT2D eigenvalue weighted by Gasteiger charge is -2.36. The van der Waals surface area contributed by atoms with Crippen molar-refractivity contribution in [2.45, 2.75) is 56.8 Å². The average Bonchev–Trinajstić information content (AvgIpc) is 3.35. The van der Waals surface area contributed by atoms with E-state index in [1.807, 2.05) is 53.3 Å². The second kappa shape index (κ2) is 11.6. The third-order valence-corrected chi connectivity index (χ3v) is 7.94. The molecule has 1 saturated heterocycles. The second-order valence-corrected chi connectivity index (χ2v) is 10.7. The zero-order chi connectivity index (χ0) is 26.5. The van der Waals surface area contributed by atoms with Gasteiger partial charge in [0.2, 0.25) is 0 Å². The van der Waals surface area contributed by atoms with Crippen LogP contribution in [-0.2, 0) is 16.1 Å². The predicted molar refractivity (Wildman–Crippen MR) is 145 cm³/mol. The fourth-order valence-electron chi connectivity index (χ4n) is 5.51. The van der Waals surface area contributed by atoms with Crippen LogP contribution in [0.4, 0.5) is 10.5 Å². The molecule has 204 valence electrons. The molecule has 0 atom stereocenters. The third kappa shape index (κ3) is 6.22. The maximum atomic E-state index is 12.4. The Morgan fingerprint density at radius 3 is 2.58 bits per heavy atom. The van der Waals surface area contributed by atoms with Crippen molar-refractivity contribution in [2.24, 2.45) is 5.92 Å². The molecule has 38 heavy (non-hydrogen) atoms. The minimum Gasteiger partial charge on any atom is -0.495 e. The van der Waals surface area contributed by atoms with Crippen LogP contribution in [0.25, 0.3) is 10.9 Å². The van der Waals surface area contributed by atoms with Crippen LogP contribution in [0, 0.1) is 5.92 Å². The monoisotopic (exact) mass is 522 g/mol. The first-order chi connectivity index (χ1) is 18.4. The number of likely N-dealkylation sites (tertiary alicyclic amines) is 1. The van der Waals surface area contributed by atoms with Crippen molar-refractivity contribution in [2.75, 3.05) is 39.1 Å². The van der Waals surface area contributed by atoms with Gasteiger partial charge in [0.15, 0.2) is 0 Å². The molecule has 0 spiro atoms. The normalized spacial score (nSPS) is 22.5. The van der Waals surface area contributed by atoms with Crippen LogP contribution in [0.15, 0.2) is 48.7 Å². The summed E-state index contributed by atoms with van der Waals surface area (Å²) in [6.07, 6.45) is 6.54. The Bertz CT molecular complexity index is 1210. The van der Waals surface area contributed by atoms with Gasteiger partial charge in [0.25, 0.3) is 0 Å². The Morgan fingerprint density at radius 2 is 1.87 bits per heavy atom. The van der Waals surface area contributed by atoms with Crippen LogP contribution in [0.2, 0.25) is 0 Å². The fourth-order valence-corrected chi connectivity index (χ4v) is 5.51. The SMILES string of the molecule is COc1cc2nn(C3CCC(O)(COCC4CCN(C(=O)OCc5ccccc5)CC4)CC3)cc2cc1N. The smallest absolute Gasteiger partial charge is 0.410 e. The van der Waals surface area contributed by atoms with Crippen molar-refractivity contribution in [3.05, 3.63) is 54.2 Å². The number of methoxy groups -OCH3 is 1. The minimum absolute atomic E-state index is 0.237. The van der Waals surface area contributed by atoms with Gasteiger partial charge in [-0.15, -0.1) is 0 Å². The van der Waals surface area contributed by atoms with Crippen LogP contribution in [0.3, 0.4) is 0 Å². The summed E-state index contributed by atoms with van der Waals surface area (Å²) in [5.41, 5.74) is 7.68. The van der Waals surface area contributed by atoms with Crippen molar-refractivity contribution >= 4 is 22.7 Å². The Hall–Kier alpha value is -3.30. The molecule has 0 radical (unpaired) electrons. The number of fused-ring (bicyclic) bond motifs is 1. The highest BCUT2D eigenvalue weighted by Crippen LogP contribution is 2.36. The molecule has 1 aliphatic carbocycles. The summed E-state index contributed by atoms with van der Waals surface area (Å²) in [4.78, 5) is 14.2. The summed E-state index contributed by atoms with van der Waals surface area (Å²) in [5, 5.41) is 16.8. The van der Waals surface area contributed by atoms with E-state index in [1.54, 1.807) is 12.0 Å². The molecule has 9 heteroatoms. The highest BCUT2D eigenvalue weighted by Gasteiger charge is 2.35. The summed E-state index contributed by atoms with van der Waals surface area (Å²) < 4.78 is 18.8. The van der Waals surface area contributed by atoms with Crippen LogP contribution < -0.4 is 10.5 Å². The highest BCUT2D eigenvalue weighted by molar-refractivity contribution is 5.84. The highest BCUT2D eigenvalue weighted by atomic mass is 16.6. The van der Waals surface area contributed by atoms with Crippen LogP contribution in [0.1, 0.15) is 50.1 Å². The third-order valence-electron chi connectivity index (χ3n) is 7.94. The number of benzene rings is 2. The Balaban J connectivity index is 1.02. The van der Waals surface area contributed by atoms with Gasteiger partial charge < -0.3 is 30.0 Å². The van der Waals surface area contributed by atoms with Crippen LogP contribution >= 0.6 is 0 Å². The Kier molecular flexibility index (Phi) is 8.04. The van der Waals surface area contributed by atoms with E-state index in [1.165, 1.54) is 0 Å². The first kappa shape index (κ1) is 26.3. The largest absolute Gasteiger partial charge is 0.495 e. The molecule has 2 aromatic carbocycles. The molecule has 3 aromatic rings. The van der Waals surface area contributed by atoms with Crippen LogP contribution in [-0.4, -0.2) is 64.9 Å². The number of amides is 1. The number of hydrogen-bond acceptors (Lipinski definition) is 7. The zero-order valence-corrected chi connectivity index (χ0v) is 22.1. The van der Waals surface area contributed by atoms with E-state index in [2.05, 4.69) is 0 Å². The van der Waals surface area contributed by atoms with Crippen molar-refractivity contribution in [1.29, 1.82) is 0 Å². The predicted octanol–water partition coefficient (Wildman–Crippen LogP) is 4.54. The van der Waals surface area contributed by atoms with Gasteiger partial charge in [0, 0.05) is 37.3 Å². The van der Waals surface area contributed by atoms with E-state index in [4.69, 9.17) is 25.0 Å². The number of hydrogen-bond donors (Lipinski definition) is 2. The molecule has 9 nitrogen and oxygen atoms in total. The van der Waals surface area contributed by atoms with Gasteiger partial charge in [-0.25, -0.2) is 4.79 Å². The van der Waals surface area contributed by atoms with Gasteiger partial charge in [0.1, 0.15) is 12.4 Å². The summed E-state index contributed by atoms with van der Waals surface area (Å²) >= 11 is 0. The van der Waals surface area contributed by atoms with Gasteiger partial charge >= 0.3 is 6.09 Å². The van der Waals surface area contributed by atoms with Gasteiger partial charge in [-0.05, 0) is 56.1 Å². The van der Waals surface area contributed by atoms with Crippen LogP contribution in [0.5, 0.6) is 5.75 Å². The number of aliphatic hydroxyl groups is 1. The molecule has 1 aliphatic heterocycles. The molecule has 1 saturated carbocycles. The van der Waals surface area contributed by atoms with E-state index >= 15 is 0 Å². The zero-order valence-electron chi connectivity index (χ0n) is 22.1. The first-order valence-electron chi connectivity index (χ1n) is 13.5. The Morgan fingerprint density at radius 1 is 1.13 bits per heavy atom. The van der Waals surface area contributed by atoms with E-state index < -0.39 is 5.60 Å². The quantitative estimate of drug-likeness (QED) is 0.418. The maximum absolute atomic E-state index is 12.4.